The number of carbonyl (C=O) groups excluding carboxylic acids is 3. The molecular weight excluding hydrogens is 640 g/mol. The number of carbonyl (C=O) groups is 3. The average molecular weight is 660 g/mol. The van der Waals surface area contributed by atoms with Gasteiger partial charge in [0.25, 0.3) is 11.8 Å². The first-order chi connectivity index (χ1) is 20.0. The quantitative estimate of drug-likeness (QED) is 0.159. The molecule has 1 aromatic heterocycles. The van der Waals surface area contributed by atoms with Gasteiger partial charge in [0.2, 0.25) is 0 Å². The van der Waals surface area contributed by atoms with Crippen LogP contribution in [-0.2, 0) is 16.0 Å². The van der Waals surface area contributed by atoms with Crippen LogP contribution in [0.15, 0.2) is 42.7 Å². The zero-order valence-electron chi connectivity index (χ0n) is 21.4. The van der Waals surface area contributed by atoms with Gasteiger partial charge in [0.05, 0.1) is 37.8 Å². The molecule has 2 aromatic carbocycles. The minimum atomic E-state index is -3.09. The number of aromatic nitrogens is 1. The topological polar surface area (TPSA) is 95.0 Å². The van der Waals surface area contributed by atoms with Gasteiger partial charge in [-0.15, -0.1) is 0 Å². The van der Waals surface area contributed by atoms with Crippen molar-refractivity contribution in [3.8, 4) is 11.5 Å². The molecule has 2 amide bonds. The molecule has 3 aromatic rings. The van der Waals surface area contributed by atoms with E-state index in [4.69, 9.17) is 55.9 Å². The van der Waals surface area contributed by atoms with Gasteiger partial charge < -0.3 is 14.2 Å². The third kappa shape index (κ3) is 6.72. The van der Waals surface area contributed by atoms with Crippen LogP contribution >= 0.6 is 46.4 Å². The van der Waals surface area contributed by atoms with E-state index < -0.39 is 37.0 Å². The van der Waals surface area contributed by atoms with Crippen LogP contribution in [-0.4, -0.2) is 47.4 Å². The fourth-order valence-electron chi connectivity index (χ4n) is 4.32. The summed E-state index contributed by atoms with van der Waals surface area (Å²) in [5.74, 6) is -2.29. The lowest BCUT2D eigenvalue weighted by Crippen LogP contribution is -2.36. The SMILES string of the molecule is O=C(CN1C(=O)c2cc(Cl)c(Cl)cc2C1=O)O[C@@H](Cc1c(Cl)cncc1Cl)c1ccc(OC(F)F)c(OCC2CC2)c1. The van der Waals surface area contributed by atoms with Crippen LogP contribution in [0.4, 0.5) is 8.78 Å². The van der Waals surface area contributed by atoms with Crippen molar-refractivity contribution in [3.05, 3.63) is 85.1 Å². The first-order valence-electron chi connectivity index (χ1n) is 12.6. The number of esters is 1. The number of nitrogens with zero attached hydrogens (tertiary/aromatic N) is 2. The van der Waals surface area contributed by atoms with E-state index in [1.54, 1.807) is 0 Å². The lowest BCUT2D eigenvalue weighted by molar-refractivity contribution is -0.149. The molecule has 220 valence electrons. The zero-order chi connectivity index (χ0) is 30.1. The van der Waals surface area contributed by atoms with Crippen LogP contribution in [0, 0.1) is 5.92 Å². The first-order valence-corrected chi connectivity index (χ1v) is 14.1. The van der Waals surface area contributed by atoms with Gasteiger partial charge in [-0.3, -0.25) is 24.3 Å². The predicted molar refractivity (Wildman–Crippen MR) is 150 cm³/mol. The molecule has 2 heterocycles. The highest BCUT2D eigenvalue weighted by Gasteiger charge is 2.38. The number of pyridine rings is 1. The minimum Gasteiger partial charge on any atom is -0.489 e. The number of benzene rings is 2. The van der Waals surface area contributed by atoms with Crippen LogP contribution in [0.1, 0.15) is 50.8 Å². The second-order valence-corrected chi connectivity index (χ2v) is 11.2. The Balaban J connectivity index is 1.42. The maximum atomic E-state index is 13.2. The highest BCUT2D eigenvalue weighted by Crippen LogP contribution is 2.38. The minimum absolute atomic E-state index is 0.00108. The van der Waals surface area contributed by atoms with Gasteiger partial charge in [0.15, 0.2) is 11.5 Å². The van der Waals surface area contributed by atoms with Crippen LogP contribution in [0.3, 0.4) is 0 Å². The van der Waals surface area contributed by atoms with E-state index in [0.717, 1.165) is 12.8 Å². The van der Waals surface area contributed by atoms with E-state index >= 15 is 0 Å². The molecule has 1 fully saturated rings. The molecule has 1 aliphatic carbocycles. The summed E-state index contributed by atoms with van der Waals surface area (Å²) in [4.78, 5) is 43.6. The molecule has 2 aliphatic rings. The van der Waals surface area contributed by atoms with Crippen molar-refractivity contribution in [2.45, 2.75) is 32.0 Å². The molecule has 14 heteroatoms. The van der Waals surface area contributed by atoms with E-state index in [9.17, 15) is 23.2 Å². The predicted octanol–water partition coefficient (Wildman–Crippen LogP) is 7.21. The van der Waals surface area contributed by atoms with Crippen LogP contribution in [0.5, 0.6) is 11.5 Å². The van der Waals surface area contributed by atoms with E-state index in [1.165, 1.54) is 42.7 Å². The Kier molecular flexibility index (Phi) is 9.08. The van der Waals surface area contributed by atoms with E-state index in [1.807, 2.05) is 0 Å². The molecule has 1 aliphatic heterocycles. The largest absolute Gasteiger partial charge is 0.489 e. The summed E-state index contributed by atoms with van der Waals surface area (Å²) in [5, 5.41) is 0.540. The highest BCUT2D eigenvalue weighted by molar-refractivity contribution is 6.43. The van der Waals surface area contributed by atoms with E-state index in [2.05, 4.69) is 9.72 Å². The van der Waals surface area contributed by atoms with Crippen molar-refractivity contribution in [3.63, 3.8) is 0 Å². The molecule has 0 radical (unpaired) electrons. The van der Waals surface area contributed by atoms with Gasteiger partial charge in [0, 0.05) is 18.8 Å². The molecule has 42 heavy (non-hydrogen) atoms. The summed E-state index contributed by atoms with van der Waals surface area (Å²) < 4.78 is 42.3. The number of hydrogen-bond acceptors (Lipinski definition) is 7. The number of imide groups is 1. The molecule has 0 bridgehead atoms. The Bertz CT molecular complexity index is 1510. The van der Waals surface area contributed by atoms with Gasteiger partial charge in [0.1, 0.15) is 12.6 Å². The standard InChI is InChI=1S/C28H20Cl4F2N2O6/c29-18-6-15-16(7-19(18)30)27(39)36(26(15)38)11-25(37)41-23(8-17-20(31)9-35-10-21(17)32)14-3-4-22(42-28(33)34)24(5-14)40-12-13-1-2-13/h3-7,9-10,13,23,28H,1-2,8,11-12H2/t23-/m0/s1. The van der Waals surface area contributed by atoms with Gasteiger partial charge >= 0.3 is 12.6 Å². The summed E-state index contributed by atoms with van der Waals surface area (Å²) in [7, 11) is 0. The number of fused-ring (bicyclic) bond motifs is 1. The van der Waals surface area contributed by atoms with Crippen molar-refractivity contribution in [1.29, 1.82) is 0 Å². The fourth-order valence-corrected chi connectivity index (χ4v) is 5.17. The molecule has 1 atom stereocenters. The third-order valence-corrected chi connectivity index (χ3v) is 8.01. The van der Waals surface area contributed by atoms with Crippen molar-refractivity contribution in [1.82, 2.24) is 9.88 Å². The van der Waals surface area contributed by atoms with Gasteiger partial charge in [-0.05, 0) is 54.2 Å². The average Bonchev–Trinajstić information content (AvgIpc) is 3.74. The molecule has 0 unspecified atom stereocenters. The monoisotopic (exact) mass is 658 g/mol. The van der Waals surface area contributed by atoms with Crippen molar-refractivity contribution < 1.29 is 37.4 Å². The molecule has 5 rings (SSSR count). The normalized spacial score (nSPS) is 15.2. The smallest absolute Gasteiger partial charge is 0.387 e. The molecule has 0 spiro atoms. The molecular formula is C28H20Cl4F2N2O6. The lowest BCUT2D eigenvalue weighted by Gasteiger charge is -2.22. The van der Waals surface area contributed by atoms with Crippen LogP contribution in [0.25, 0.3) is 0 Å². The lowest BCUT2D eigenvalue weighted by atomic mass is 10.0. The maximum Gasteiger partial charge on any atom is 0.387 e. The second kappa shape index (κ2) is 12.6. The Labute approximate surface area is 258 Å². The summed E-state index contributed by atoms with van der Waals surface area (Å²) in [6, 6.07) is 6.64. The highest BCUT2D eigenvalue weighted by atomic mass is 35.5. The van der Waals surface area contributed by atoms with Crippen molar-refractivity contribution in [2.75, 3.05) is 13.2 Å². The first kappa shape index (κ1) is 30.3. The van der Waals surface area contributed by atoms with Gasteiger partial charge in [-0.2, -0.15) is 8.78 Å². The van der Waals surface area contributed by atoms with E-state index in [0.29, 0.717) is 28.6 Å². The second-order valence-electron chi connectivity index (χ2n) is 9.61. The summed E-state index contributed by atoms with van der Waals surface area (Å²) >= 11 is 24.6. The van der Waals surface area contributed by atoms with Crippen LogP contribution < -0.4 is 9.47 Å². The van der Waals surface area contributed by atoms with Crippen LogP contribution in [0.2, 0.25) is 20.1 Å². The number of hydrogen-bond donors (Lipinski definition) is 0. The third-order valence-electron chi connectivity index (χ3n) is 6.64. The van der Waals surface area contributed by atoms with Crippen molar-refractivity contribution in [2.24, 2.45) is 5.92 Å². The molecule has 1 saturated carbocycles. The molecule has 0 saturated heterocycles. The number of rotatable bonds is 11. The van der Waals surface area contributed by atoms with Gasteiger partial charge in [-0.1, -0.05) is 52.5 Å². The number of ether oxygens (including phenoxy) is 3. The Hall–Kier alpha value is -3.18. The summed E-state index contributed by atoms with van der Waals surface area (Å²) in [6.07, 6.45) is 3.48. The summed E-state index contributed by atoms with van der Waals surface area (Å²) in [5.41, 5.74) is 0.729. The molecule has 0 N–H and O–H groups in total. The van der Waals surface area contributed by atoms with Gasteiger partial charge in [-0.25, -0.2) is 0 Å². The Morgan fingerprint density at radius 2 is 1.55 bits per heavy atom. The molecule has 8 nitrogen and oxygen atoms in total. The Morgan fingerprint density at radius 3 is 2.12 bits per heavy atom. The van der Waals surface area contributed by atoms with E-state index in [-0.39, 0.29) is 49.1 Å². The Morgan fingerprint density at radius 1 is 0.929 bits per heavy atom. The number of alkyl halides is 2. The summed E-state index contributed by atoms with van der Waals surface area (Å²) in [6.45, 7) is -3.52. The van der Waals surface area contributed by atoms with Crippen molar-refractivity contribution >= 4 is 64.2 Å². The number of halogens is 6. The number of amides is 2. The fraction of sp³-hybridized carbons (Fsp3) is 0.286. The maximum absolute atomic E-state index is 13.2. The zero-order valence-corrected chi connectivity index (χ0v) is 24.4.